The number of amides is 2. The number of hydrogen-bond acceptors (Lipinski definition) is 3. The number of thioether (sulfide) groups is 1. The molecule has 3 aromatic rings. The minimum atomic E-state index is -0.538. The molecule has 6 heteroatoms. The molecule has 1 fully saturated rings. The second kappa shape index (κ2) is 7.18. The molecule has 1 aliphatic rings. The number of hydrogen-bond donors (Lipinski definition) is 0. The van der Waals surface area contributed by atoms with Gasteiger partial charge in [0.15, 0.2) is 0 Å². The highest BCUT2D eigenvalue weighted by molar-refractivity contribution is 8.18. The van der Waals surface area contributed by atoms with Gasteiger partial charge in [-0.1, -0.05) is 54.1 Å². The fraction of sp³-hybridized carbons (Fsp3) is 0.0476. The van der Waals surface area contributed by atoms with Gasteiger partial charge in [0.1, 0.15) is 5.82 Å². The van der Waals surface area contributed by atoms with Crippen molar-refractivity contribution in [2.45, 2.75) is 6.54 Å². The maximum atomic E-state index is 14.0. The van der Waals surface area contributed by atoms with Crippen LogP contribution in [0.25, 0.3) is 16.8 Å². The van der Waals surface area contributed by atoms with Crippen LogP contribution < -0.4 is 0 Å². The third kappa shape index (κ3) is 3.48. The summed E-state index contributed by atoms with van der Waals surface area (Å²) in [5.74, 6) is -0.985. The van der Waals surface area contributed by atoms with E-state index in [9.17, 15) is 14.0 Å². The molecule has 4 rings (SSSR count). The lowest BCUT2D eigenvalue weighted by molar-refractivity contribution is -0.123. The molecule has 134 valence electrons. The lowest BCUT2D eigenvalue weighted by Crippen LogP contribution is -2.27. The van der Waals surface area contributed by atoms with Crippen LogP contribution in [-0.4, -0.2) is 16.0 Å². The summed E-state index contributed by atoms with van der Waals surface area (Å²) >= 11 is 6.80. The Kier molecular flexibility index (Phi) is 4.72. The first kappa shape index (κ1) is 17.8. The number of fused-ring (bicyclic) bond motifs is 1. The summed E-state index contributed by atoms with van der Waals surface area (Å²) < 4.78 is 14.0. The Morgan fingerprint density at radius 3 is 2.56 bits per heavy atom. The summed E-state index contributed by atoms with van der Waals surface area (Å²) in [4.78, 5) is 26.3. The SMILES string of the molecule is O=C1S/C(=C\c2c(F)cccc2Cl)C(=O)N1Cc1ccc2ccccc2c1. The van der Waals surface area contributed by atoms with Crippen molar-refractivity contribution in [3.8, 4) is 0 Å². The monoisotopic (exact) mass is 397 g/mol. The van der Waals surface area contributed by atoms with Gasteiger partial charge in [0.05, 0.1) is 16.5 Å². The first-order valence-corrected chi connectivity index (χ1v) is 9.39. The number of carbonyl (C=O) groups is 2. The lowest BCUT2D eigenvalue weighted by atomic mass is 10.1. The fourth-order valence-electron chi connectivity index (χ4n) is 2.94. The maximum absolute atomic E-state index is 14.0. The lowest BCUT2D eigenvalue weighted by Gasteiger charge is -2.13. The van der Waals surface area contributed by atoms with Gasteiger partial charge in [0.2, 0.25) is 0 Å². The van der Waals surface area contributed by atoms with E-state index in [2.05, 4.69) is 0 Å². The predicted molar refractivity (Wildman–Crippen MR) is 107 cm³/mol. The molecule has 1 saturated heterocycles. The number of imide groups is 1. The van der Waals surface area contributed by atoms with E-state index in [-0.39, 0.29) is 27.3 Å². The average Bonchev–Trinajstić information content (AvgIpc) is 2.92. The smallest absolute Gasteiger partial charge is 0.268 e. The van der Waals surface area contributed by atoms with Crippen molar-refractivity contribution >= 4 is 51.4 Å². The van der Waals surface area contributed by atoms with E-state index < -0.39 is 11.7 Å². The third-order valence-corrected chi connectivity index (χ3v) is 5.54. The van der Waals surface area contributed by atoms with Crippen LogP contribution in [0.2, 0.25) is 5.02 Å². The summed E-state index contributed by atoms with van der Waals surface area (Å²) in [5, 5.41) is 1.93. The van der Waals surface area contributed by atoms with Crippen LogP contribution in [0, 0.1) is 5.82 Å². The van der Waals surface area contributed by atoms with Gasteiger partial charge in [0, 0.05) is 5.56 Å². The molecule has 3 nitrogen and oxygen atoms in total. The second-order valence-corrected chi connectivity index (χ2v) is 7.49. The van der Waals surface area contributed by atoms with Crippen LogP contribution in [-0.2, 0) is 11.3 Å². The van der Waals surface area contributed by atoms with Crippen LogP contribution in [0.15, 0.2) is 65.6 Å². The van der Waals surface area contributed by atoms with E-state index in [1.807, 2.05) is 42.5 Å². The summed E-state index contributed by atoms with van der Waals surface area (Å²) in [5.41, 5.74) is 0.955. The van der Waals surface area contributed by atoms with Crippen molar-refractivity contribution in [1.29, 1.82) is 0 Å². The standard InChI is InChI=1S/C21H13ClFNO2S/c22-17-6-3-7-18(23)16(17)11-19-20(25)24(21(26)27-19)12-13-8-9-14-4-1-2-5-15(14)10-13/h1-11H,12H2/b19-11-. The van der Waals surface area contributed by atoms with Crippen LogP contribution >= 0.6 is 23.4 Å². The molecule has 0 atom stereocenters. The van der Waals surface area contributed by atoms with Gasteiger partial charge in [-0.15, -0.1) is 0 Å². The Bertz CT molecular complexity index is 1090. The van der Waals surface area contributed by atoms with E-state index in [4.69, 9.17) is 11.6 Å². The average molecular weight is 398 g/mol. The van der Waals surface area contributed by atoms with Crippen molar-refractivity contribution < 1.29 is 14.0 Å². The van der Waals surface area contributed by atoms with Crippen LogP contribution in [0.3, 0.4) is 0 Å². The number of carbonyl (C=O) groups excluding carboxylic acids is 2. The van der Waals surface area contributed by atoms with Gasteiger partial charge in [-0.05, 0) is 52.4 Å². The highest BCUT2D eigenvalue weighted by atomic mass is 35.5. The number of rotatable bonds is 3. The quantitative estimate of drug-likeness (QED) is 0.519. The van der Waals surface area contributed by atoms with Gasteiger partial charge in [-0.25, -0.2) is 4.39 Å². The zero-order valence-electron chi connectivity index (χ0n) is 14.0. The molecule has 0 unspecified atom stereocenters. The molecule has 27 heavy (non-hydrogen) atoms. The molecule has 1 aliphatic heterocycles. The van der Waals surface area contributed by atoms with Gasteiger partial charge in [-0.3, -0.25) is 14.5 Å². The minimum absolute atomic E-state index is 0.107. The molecule has 0 saturated carbocycles. The first-order valence-electron chi connectivity index (χ1n) is 8.20. The predicted octanol–water partition coefficient (Wildman–Crippen LogP) is 5.87. The number of halogens is 2. The summed E-state index contributed by atoms with van der Waals surface area (Å²) in [6, 6.07) is 18.0. The Morgan fingerprint density at radius 2 is 1.78 bits per heavy atom. The normalized spacial score (nSPS) is 15.9. The fourth-order valence-corrected chi connectivity index (χ4v) is 3.97. The van der Waals surface area contributed by atoms with Crippen molar-refractivity contribution in [2.75, 3.05) is 0 Å². The van der Waals surface area contributed by atoms with Gasteiger partial charge in [0.25, 0.3) is 11.1 Å². The molecule has 2 amide bonds. The topological polar surface area (TPSA) is 37.4 Å². The van der Waals surface area contributed by atoms with Crippen molar-refractivity contribution in [1.82, 2.24) is 4.90 Å². The molecule has 0 N–H and O–H groups in total. The summed E-state index contributed by atoms with van der Waals surface area (Å²) in [6.07, 6.45) is 1.34. The Labute approximate surface area is 164 Å². The highest BCUT2D eigenvalue weighted by Crippen LogP contribution is 2.35. The van der Waals surface area contributed by atoms with Crippen molar-refractivity contribution in [3.05, 3.63) is 87.5 Å². The second-order valence-electron chi connectivity index (χ2n) is 6.08. The summed E-state index contributed by atoms with van der Waals surface area (Å²) in [6.45, 7) is 0.165. The molecular weight excluding hydrogens is 385 g/mol. The van der Waals surface area contributed by atoms with Crippen LogP contribution in [0.5, 0.6) is 0 Å². The van der Waals surface area contributed by atoms with Gasteiger partial charge >= 0.3 is 0 Å². The Morgan fingerprint density at radius 1 is 1.00 bits per heavy atom. The maximum Gasteiger partial charge on any atom is 0.293 e. The molecule has 3 aromatic carbocycles. The van der Waals surface area contributed by atoms with E-state index in [0.717, 1.165) is 33.0 Å². The van der Waals surface area contributed by atoms with Crippen molar-refractivity contribution in [3.63, 3.8) is 0 Å². The van der Waals surface area contributed by atoms with Gasteiger partial charge in [-0.2, -0.15) is 0 Å². The molecule has 0 spiro atoms. The third-order valence-electron chi connectivity index (χ3n) is 4.30. The zero-order valence-corrected chi connectivity index (χ0v) is 15.6. The largest absolute Gasteiger partial charge is 0.293 e. The van der Waals surface area contributed by atoms with E-state index in [1.165, 1.54) is 24.3 Å². The number of nitrogens with zero attached hydrogens (tertiary/aromatic N) is 1. The highest BCUT2D eigenvalue weighted by Gasteiger charge is 2.35. The molecule has 0 aromatic heterocycles. The Hall–Kier alpha value is -2.63. The molecule has 0 aliphatic carbocycles. The zero-order chi connectivity index (χ0) is 19.0. The van der Waals surface area contributed by atoms with E-state index in [1.54, 1.807) is 0 Å². The van der Waals surface area contributed by atoms with Gasteiger partial charge < -0.3 is 0 Å². The van der Waals surface area contributed by atoms with Crippen LogP contribution in [0.4, 0.5) is 9.18 Å². The van der Waals surface area contributed by atoms with Crippen molar-refractivity contribution in [2.24, 2.45) is 0 Å². The van der Waals surface area contributed by atoms with Crippen LogP contribution in [0.1, 0.15) is 11.1 Å². The first-order chi connectivity index (χ1) is 13.0. The molecule has 1 heterocycles. The van der Waals surface area contributed by atoms with E-state index in [0.29, 0.717) is 0 Å². The minimum Gasteiger partial charge on any atom is -0.268 e. The molecule has 0 bridgehead atoms. The number of benzene rings is 3. The summed E-state index contributed by atoms with van der Waals surface area (Å²) in [7, 11) is 0. The van der Waals surface area contributed by atoms with E-state index >= 15 is 0 Å². The molecular formula is C21H13ClFNO2S. The molecule has 0 radical (unpaired) electrons. The Balaban J connectivity index is 1.62.